The number of nitrogens with two attached hydrogens (primary N) is 1. The summed E-state index contributed by atoms with van der Waals surface area (Å²) < 4.78 is 28.4. The quantitative estimate of drug-likeness (QED) is 0.788. The average molecular weight is 341 g/mol. The van der Waals surface area contributed by atoms with Gasteiger partial charge in [-0.1, -0.05) is 6.92 Å². The van der Waals surface area contributed by atoms with Crippen LogP contribution in [-0.2, 0) is 0 Å². The number of hydrogen-bond donors (Lipinski definition) is 1. The molecule has 3 aromatic rings. The standard InChI is InChI=1S/C17H13F2N5O/c1-2-14(21)16-23-15-9(6-20)3-10(18)5-13(15)17(25)24(16)12-4-11(19)7-22-8-12/h3-5,7-8,14H,2,21H2,1H3. The molecule has 25 heavy (non-hydrogen) atoms. The molecule has 3 rings (SSSR count). The third kappa shape index (κ3) is 2.86. The highest BCUT2D eigenvalue weighted by Gasteiger charge is 2.20. The smallest absolute Gasteiger partial charge is 0.266 e. The molecule has 0 spiro atoms. The van der Waals surface area contributed by atoms with E-state index in [4.69, 9.17) is 5.73 Å². The number of pyridine rings is 1. The Balaban J connectivity index is 2.49. The van der Waals surface area contributed by atoms with E-state index in [-0.39, 0.29) is 28.0 Å². The van der Waals surface area contributed by atoms with E-state index in [2.05, 4.69) is 9.97 Å². The zero-order valence-corrected chi connectivity index (χ0v) is 13.2. The van der Waals surface area contributed by atoms with Crippen molar-refractivity contribution < 1.29 is 8.78 Å². The van der Waals surface area contributed by atoms with Crippen molar-refractivity contribution in [2.24, 2.45) is 5.73 Å². The van der Waals surface area contributed by atoms with Gasteiger partial charge in [0.15, 0.2) is 0 Å². The topological polar surface area (TPSA) is 97.6 Å². The number of aromatic nitrogens is 3. The minimum absolute atomic E-state index is 0.0633. The third-order valence-electron chi connectivity index (χ3n) is 3.80. The van der Waals surface area contributed by atoms with E-state index in [1.165, 1.54) is 6.20 Å². The fourth-order valence-electron chi connectivity index (χ4n) is 2.56. The second kappa shape index (κ2) is 6.37. The SMILES string of the molecule is CCC(N)c1nc2c(C#N)cc(F)cc2c(=O)n1-c1cncc(F)c1. The van der Waals surface area contributed by atoms with Crippen molar-refractivity contribution in [2.45, 2.75) is 19.4 Å². The maximum absolute atomic E-state index is 13.8. The molecule has 1 unspecified atom stereocenters. The monoisotopic (exact) mass is 341 g/mol. The Hall–Kier alpha value is -3.18. The first-order chi connectivity index (χ1) is 12.0. The van der Waals surface area contributed by atoms with E-state index in [1.807, 2.05) is 6.07 Å². The predicted molar refractivity (Wildman–Crippen MR) is 87.0 cm³/mol. The van der Waals surface area contributed by atoms with Crippen molar-refractivity contribution in [2.75, 3.05) is 0 Å². The van der Waals surface area contributed by atoms with Gasteiger partial charge in [-0.05, 0) is 18.6 Å². The molecule has 0 bridgehead atoms. The number of nitriles is 1. The summed E-state index contributed by atoms with van der Waals surface area (Å²) in [6.45, 7) is 1.80. The summed E-state index contributed by atoms with van der Waals surface area (Å²) in [6, 6.07) is 4.29. The highest BCUT2D eigenvalue weighted by molar-refractivity contribution is 5.83. The van der Waals surface area contributed by atoms with Gasteiger partial charge in [0.25, 0.3) is 5.56 Å². The fraction of sp³-hybridized carbons (Fsp3) is 0.176. The first-order valence-corrected chi connectivity index (χ1v) is 7.49. The number of hydrogen-bond acceptors (Lipinski definition) is 5. The Morgan fingerprint density at radius 1 is 1.28 bits per heavy atom. The largest absolute Gasteiger partial charge is 0.321 e. The molecule has 0 aliphatic heterocycles. The number of halogens is 2. The van der Waals surface area contributed by atoms with Crippen molar-refractivity contribution in [3.8, 4) is 11.8 Å². The lowest BCUT2D eigenvalue weighted by Gasteiger charge is -2.17. The van der Waals surface area contributed by atoms with Crippen LogP contribution in [0.4, 0.5) is 8.78 Å². The summed E-state index contributed by atoms with van der Waals surface area (Å²) in [7, 11) is 0. The summed E-state index contributed by atoms with van der Waals surface area (Å²) in [5.41, 5.74) is 5.53. The molecule has 126 valence electrons. The van der Waals surface area contributed by atoms with Gasteiger partial charge in [0, 0.05) is 6.07 Å². The molecule has 0 fully saturated rings. The molecule has 6 nitrogen and oxygen atoms in total. The summed E-state index contributed by atoms with van der Waals surface area (Å²) in [5.74, 6) is -1.23. The molecular formula is C17H13F2N5O. The van der Waals surface area contributed by atoms with E-state index >= 15 is 0 Å². The van der Waals surface area contributed by atoms with Crippen LogP contribution in [0.1, 0.15) is 30.8 Å². The highest BCUT2D eigenvalue weighted by Crippen LogP contribution is 2.21. The molecular weight excluding hydrogens is 328 g/mol. The van der Waals surface area contributed by atoms with Crippen LogP contribution in [0, 0.1) is 23.0 Å². The normalized spacial score (nSPS) is 12.1. The van der Waals surface area contributed by atoms with Gasteiger partial charge in [-0.15, -0.1) is 0 Å². The molecule has 1 aromatic carbocycles. The Labute approximate surface area is 141 Å². The summed E-state index contributed by atoms with van der Waals surface area (Å²) >= 11 is 0. The second-order valence-electron chi connectivity index (χ2n) is 5.45. The zero-order valence-electron chi connectivity index (χ0n) is 13.2. The van der Waals surface area contributed by atoms with Crippen LogP contribution in [0.25, 0.3) is 16.6 Å². The van der Waals surface area contributed by atoms with Crippen LogP contribution in [0.15, 0.2) is 35.4 Å². The van der Waals surface area contributed by atoms with Crippen molar-refractivity contribution >= 4 is 10.9 Å². The number of nitrogens with zero attached hydrogens (tertiary/aromatic N) is 4. The third-order valence-corrected chi connectivity index (χ3v) is 3.80. The van der Waals surface area contributed by atoms with Gasteiger partial charge in [0.05, 0.1) is 40.6 Å². The molecule has 2 N–H and O–H groups in total. The van der Waals surface area contributed by atoms with Gasteiger partial charge in [-0.25, -0.2) is 13.8 Å². The van der Waals surface area contributed by atoms with Crippen LogP contribution in [0.2, 0.25) is 0 Å². The van der Waals surface area contributed by atoms with Gasteiger partial charge in [0.1, 0.15) is 23.5 Å². The fourth-order valence-corrected chi connectivity index (χ4v) is 2.56. The first kappa shape index (κ1) is 16.7. The van der Waals surface area contributed by atoms with Crippen molar-refractivity contribution in [1.29, 1.82) is 5.26 Å². The van der Waals surface area contributed by atoms with Gasteiger partial charge in [0.2, 0.25) is 0 Å². The molecule has 2 heterocycles. The molecule has 0 saturated carbocycles. The molecule has 0 radical (unpaired) electrons. The average Bonchev–Trinajstić information content (AvgIpc) is 2.60. The lowest BCUT2D eigenvalue weighted by Crippen LogP contribution is -2.28. The Kier molecular flexibility index (Phi) is 4.25. The lowest BCUT2D eigenvalue weighted by atomic mass is 10.1. The van der Waals surface area contributed by atoms with Gasteiger partial charge >= 0.3 is 0 Å². The minimum Gasteiger partial charge on any atom is -0.321 e. The van der Waals surface area contributed by atoms with Crippen molar-refractivity contribution in [1.82, 2.24) is 14.5 Å². The van der Waals surface area contributed by atoms with Gasteiger partial charge < -0.3 is 5.73 Å². The van der Waals surface area contributed by atoms with E-state index in [0.717, 1.165) is 29.0 Å². The van der Waals surface area contributed by atoms with E-state index in [9.17, 15) is 18.8 Å². The Morgan fingerprint density at radius 2 is 2.04 bits per heavy atom. The Morgan fingerprint density at radius 3 is 2.68 bits per heavy atom. The van der Waals surface area contributed by atoms with Crippen LogP contribution in [-0.4, -0.2) is 14.5 Å². The molecule has 8 heteroatoms. The summed E-state index contributed by atoms with van der Waals surface area (Å²) in [5, 5.41) is 9.11. The maximum Gasteiger partial charge on any atom is 0.266 e. The maximum atomic E-state index is 13.8. The molecule has 0 saturated heterocycles. The lowest BCUT2D eigenvalue weighted by molar-refractivity contribution is 0.606. The van der Waals surface area contributed by atoms with Crippen LogP contribution in [0.5, 0.6) is 0 Å². The molecule has 1 atom stereocenters. The molecule has 0 aliphatic carbocycles. The predicted octanol–water partition coefficient (Wildman–Crippen LogP) is 2.34. The van der Waals surface area contributed by atoms with E-state index in [0.29, 0.717) is 6.42 Å². The van der Waals surface area contributed by atoms with Crippen LogP contribution in [0.3, 0.4) is 0 Å². The second-order valence-corrected chi connectivity index (χ2v) is 5.45. The minimum atomic E-state index is -0.737. The molecule has 0 aliphatic rings. The molecule has 2 aromatic heterocycles. The van der Waals surface area contributed by atoms with Crippen molar-refractivity contribution in [3.63, 3.8) is 0 Å². The summed E-state index contributed by atoms with van der Waals surface area (Å²) in [4.78, 5) is 21.0. The van der Waals surface area contributed by atoms with E-state index in [1.54, 1.807) is 6.92 Å². The number of fused-ring (bicyclic) bond motifs is 1. The van der Waals surface area contributed by atoms with Gasteiger partial charge in [-0.3, -0.25) is 14.3 Å². The van der Waals surface area contributed by atoms with E-state index < -0.39 is 23.2 Å². The first-order valence-electron chi connectivity index (χ1n) is 7.49. The number of benzene rings is 1. The van der Waals surface area contributed by atoms with Crippen LogP contribution < -0.4 is 11.3 Å². The Bertz CT molecular complexity index is 1070. The zero-order chi connectivity index (χ0) is 18.1. The number of rotatable bonds is 3. The van der Waals surface area contributed by atoms with Crippen molar-refractivity contribution in [3.05, 3.63) is 64.0 Å². The summed E-state index contributed by atoms with van der Waals surface area (Å²) in [6.07, 6.45) is 2.73. The van der Waals surface area contributed by atoms with Crippen LogP contribution >= 0.6 is 0 Å². The highest BCUT2D eigenvalue weighted by atomic mass is 19.1. The van der Waals surface area contributed by atoms with Gasteiger partial charge in [-0.2, -0.15) is 5.26 Å². The molecule has 0 amide bonds.